The summed E-state index contributed by atoms with van der Waals surface area (Å²) in [6, 6.07) is 15.2. The highest BCUT2D eigenvalue weighted by Crippen LogP contribution is 2.19. The van der Waals surface area contributed by atoms with Crippen molar-refractivity contribution in [2.45, 2.75) is 26.3 Å². The molecule has 0 spiro atoms. The lowest BCUT2D eigenvalue weighted by Gasteiger charge is -2.28. The number of carbonyl (C=O) groups is 1. The first-order chi connectivity index (χ1) is 14.0. The molecular formula is C23H23N3O3. The molecule has 6 nitrogen and oxygen atoms in total. The number of carbonyl (C=O) groups excluding carboxylic acids is 1. The summed E-state index contributed by atoms with van der Waals surface area (Å²) in [4.78, 5) is 34.9. The van der Waals surface area contributed by atoms with Crippen LogP contribution in [0.3, 0.4) is 0 Å². The Kier molecular flexibility index (Phi) is 5.16. The number of amides is 1. The van der Waals surface area contributed by atoms with Crippen LogP contribution < -0.4 is 10.3 Å². The van der Waals surface area contributed by atoms with Crippen LogP contribution in [0.5, 0.6) is 5.75 Å². The zero-order chi connectivity index (χ0) is 20.4. The van der Waals surface area contributed by atoms with Crippen LogP contribution in [-0.4, -0.2) is 34.4 Å². The van der Waals surface area contributed by atoms with Gasteiger partial charge in [-0.1, -0.05) is 30.3 Å². The Morgan fingerprint density at radius 2 is 2.03 bits per heavy atom. The van der Waals surface area contributed by atoms with Gasteiger partial charge in [-0.05, 0) is 36.2 Å². The maximum atomic E-state index is 12.9. The Bertz CT molecular complexity index is 1120. The Hall–Kier alpha value is -3.41. The van der Waals surface area contributed by atoms with E-state index in [1.54, 1.807) is 12.0 Å². The minimum absolute atomic E-state index is 0.0476. The Morgan fingerprint density at radius 1 is 1.21 bits per heavy atom. The lowest BCUT2D eigenvalue weighted by atomic mass is 10.0. The van der Waals surface area contributed by atoms with Crippen LogP contribution in [0.15, 0.2) is 53.3 Å². The lowest BCUT2D eigenvalue weighted by molar-refractivity contribution is 0.0731. The van der Waals surface area contributed by atoms with Crippen molar-refractivity contribution in [2.24, 2.45) is 0 Å². The summed E-state index contributed by atoms with van der Waals surface area (Å²) in [6.45, 7) is 2.75. The van der Waals surface area contributed by atoms with Crippen LogP contribution in [0.1, 0.15) is 38.6 Å². The fraction of sp³-hybridized carbons (Fsp3) is 0.261. The molecule has 3 aromatic rings. The number of aromatic nitrogens is 2. The van der Waals surface area contributed by atoms with Crippen LogP contribution in [0.25, 0.3) is 0 Å². The van der Waals surface area contributed by atoms with Gasteiger partial charge in [0.05, 0.1) is 24.9 Å². The van der Waals surface area contributed by atoms with Crippen molar-refractivity contribution in [3.63, 3.8) is 0 Å². The first kappa shape index (κ1) is 18.9. The van der Waals surface area contributed by atoms with Crippen molar-refractivity contribution < 1.29 is 9.53 Å². The fourth-order valence-electron chi connectivity index (χ4n) is 3.69. The van der Waals surface area contributed by atoms with Gasteiger partial charge in [0.1, 0.15) is 11.6 Å². The molecule has 1 amide bonds. The van der Waals surface area contributed by atoms with Gasteiger partial charge < -0.3 is 14.6 Å². The molecule has 1 aliphatic rings. The van der Waals surface area contributed by atoms with Crippen LogP contribution in [0.2, 0.25) is 0 Å². The van der Waals surface area contributed by atoms with E-state index < -0.39 is 0 Å². The van der Waals surface area contributed by atoms with Gasteiger partial charge in [-0.2, -0.15) is 0 Å². The van der Waals surface area contributed by atoms with Gasteiger partial charge in [0.2, 0.25) is 0 Å². The molecular weight excluding hydrogens is 366 g/mol. The minimum atomic E-state index is -0.171. The van der Waals surface area contributed by atoms with E-state index in [2.05, 4.69) is 9.97 Å². The van der Waals surface area contributed by atoms with E-state index in [1.807, 2.05) is 55.5 Å². The number of ether oxygens (including phenoxy) is 1. The average Bonchev–Trinajstić information content (AvgIpc) is 2.73. The van der Waals surface area contributed by atoms with Crippen molar-refractivity contribution in [3.05, 3.63) is 92.7 Å². The first-order valence-electron chi connectivity index (χ1n) is 9.64. The molecule has 2 heterocycles. The third-order valence-electron chi connectivity index (χ3n) is 5.29. The molecule has 0 fully saturated rings. The van der Waals surface area contributed by atoms with E-state index in [4.69, 9.17) is 4.74 Å². The van der Waals surface area contributed by atoms with E-state index in [0.29, 0.717) is 36.3 Å². The molecule has 0 aliphatic carbocycles. The monoisotopic (exact) mass is 389 g/mol. The maximum Gasteiger partial charge on any atom is 0.256 e. The van der Waals surface area contributed by atoms with E-state index in [9.17, 15) is 9.59 Å². The third-order valence-corrected chi connectivity index (χ3v) is 5.29. The van der Waals surface area contributed by atoms with E-state index in [0.717, 1.165) is 22.6 Å². The Morgan fingerprint density at radius 3 is 2.83 bits per heavy atom. The molecule has 1 N–H and O–H groups in total. The SMILES string of the molecule is COc1cccc(Cc2nc3c(c(=O)[nH]2)CN(C(=O)c2ccccc2C)CC3)c1. The number of benzene rings is 2. The predicted molar refractivity (Wildman–Crippen MR) is 110 cm³/mol. The molecule has 29 heavy (non-hydrogen) atoms. The smallest absolute Gasteiger partial charge is 0.256 e. The van der Waals surface area contributed by atoms with Crippen LogP contribution in [0, 0.1) is 6.92 Å². The van der Waals surface area contributed by atoms with Crippen molar-refractivity contribution in [3.8, 4) is 5.75 Å². The van der Waals surface area contributed by atoms with Crippen molar-refractivity contribution in [2.75, 3.05) is 13.7 Å². The van der Waals surface area contributed by atoms with Gasteiger partial charge in [0, 0.05) is 24.9 Å². The van der Waals surface area contributed by atoms with E-state index in [-0.39, 0.29) is 18.0 Å². The van der Waals surface area contributed by atoms with E-state index >= 15 is 0 Å². The summed E-state index contributed by atoms with van der Waals surface area (Å²) in [5.74, 6) is 1.35. The number of methoxy groups -OCH3 is 1. The van der Waals surface area contributed by atoms with Crippen LogP contribution in [-0.2, 0) is 19.4 Å². The second-order valence-corrected chi connectivity index (χ2v) is 7.26. The van der Waals surface area contributed by atoms with Gasteiger partial charge in [-0.15, -0.1) is 0 Å². The molecule has 0 unspecified atom stereocenters. The van der Waals surface area contributed by atoms with Gasteiger partial charge in [0.15, 0.2) is 0 Å². The van der Waals surface area contributed by atoms with Crippen LogP contribution >= 0.6 is 0 Å². The van der Waals surface area contributed by atoms with Gasteiger partial charge in [-0.3, -0.25) is 9.59 Å². The molecule has 6 heteroatoms. The molecule has 148 valence electrons. The number of fused-ring (bicyclic) bond motifs is 1. The number of hydrogen-bond acceptors (Lipinski definition) is 4. The Labute approximate surface area is 169 Å². The molecule has 2 aromatic carbocycles. The lowest BCUT2D eigenvalue weighted by Crippen LogP contribution is -2.40. The minimum Gasteiger partial charge on any atom is -0.497 e. The number of hydrogen-bond donors (Lipinski definition) is 1. The number of aromatic amines is 1. The van der Waals surface area contributed by atoms with Crippen molar-refractivity contribution >= 4 is 5.91 Å². The molecule has 0 bridgehead atoms. The fourth-order valence-corrected chi connectivity index (χ4v) is 3.69. The molecule has 1 aromatic heterocycles. The van der Waals surface area contributed by atoms with Crippen molar-refractivity contribution in [1.29, 1.82) is 0 Å². The molecule has 1 aliphatic heterocycles. The summed E-state index contributed by atoms with van der Waals surface area (Å²) in [7, 11) is 1.63. The third kappa shape index (κ3) is 3.92. The number of aryl methyl sites for hydroxylation is 1. The number of nitrogens with zero attached hydrogens (tertiary/aromatic N) is 2. The van der Waals surface area contributed by atoms with Gasteiger partial charge in [0.25, 0.3) is 11.5 Å². The highest BCUT2D eigenvalue weighted by atomic mass is 16.5. The average molecular weight is 389 g/mol. The van der Waals surface area contributed by atoms with Crippen molar-refractivity contribution in [1.82, 2.24) is 14.9 Å². The zero-order valence-electron chi connectivity index (χ0n) is 16.6. The van der Waals surface area contributed by atoms with Gasteiger partial charge in [-0.25, -0.2) is 4.98 Å². The summed E-state index contributed by atoms with van der Waals surface area (Å²) in [5.41, 5.74) is 3.81. The number of nitrogens with one attached hydrogen (secondary N) is 1. The molecule has 0 atom stereocenters. The summed E-state index contributed by atoms with van der Waals surface area (Å²) in [6.07, 6.45) is 1.09. The van der Waals surface area contributed by atoms with Crippen LogP contribution in [0.4, 0.5) is 0 Å². The maximum absolute atomic E-state index is 12.9. The summed E-state index contributed by atoms with van der Waals surface area (Å²) >= 11 is 0. The quantitative estimate of drug-likeness (QED) is 0.745. The molecule has 0 radical (unpaired) electrons. The zero-order valence-corrected chi connectivity index (χ0v) is 16.6. The Balaban J connectivity index is 1.56. The second-order valence-electron chi connectivity index (χ2n) is 7.26. The van der Waals surface area contributed by atoms with E-state index in [1.165, 1.54) is 0 Å². The molecule has 0 saturated carbocycles. The first-order valence-corrected chi connectivity index (χ1v) is 9.64. The largest absolute Gasteiger partial charge is 0.497 e. The number of H-pyrrole nitrogens is 1. The second kappa shape index (κ2) is 7.91. The highest BCUT2D eigenvalue weighted by molar-refractivity contribution is 5.95. The normalized spacial score (nSPS) is 13.1. The van der Waals surface area contributed by atoms with Gasteiger partial charge >= 0.3 is 0 Å². The summed E-state index contributed by atoms with van der Waals surface area (Å²) in [5, 5.41) is 0. The standard InChI is InChI=1S/C23H23N3O3/c1-15-6-3-4-9-18(15)23(28)26-11-10-20-19(14-26)22(27)25-21(24-20)13-16-7-5-8-17(12-16)29-2/h3-9,12H,10-11,13-14H2,1-2H3,(H,24,25,27). The molecule has 4 rings (SSSR count). The number of rotatable bonds is 4. The highest BCUT2D eigenvalue weighted by Gasteiger charge is 2.26. The summed E-state index contributed by atoms with van der Waals surface area (Å²) < 4.78 is 5.26. The topological polar surface area (TPSA) is 75.3 Å². The predicted octanol–water partition coefficient (Wildman–Crippen LogP) is 2.88. The molecule has 0 saturated heterocycles.